The van der Waals surface area contributed by atoms with Crippen LogP contribution in [0.4, 0.5) is 13.2 Å². The van der Waals surface area contributed by atoms with E-state index >= 15 is 0 Å². The van der Waals surface area contributed by atoms with Gasteiger partial charge in [0, 0.05) is 25.7 Å². The molecule has 1 aromatic heterocycles. The van der Waals surface area contributed by atoms with E-state index in [4.69, 9.17) is 10.5 Å². The fourth-order valence-corrected chi connectivity index (χ4v) is 2.98. The lowest BCUT2D eigenvalue weighted by atomic mass is 10.0. The maximum atomic E-state index is 12.7. The Balaban J connectivity index is 2.27. The van der Waals surface area contributed by atoms with Crippen LogP contribution in [0.15, 0.2) is 0 Å². The third-order valence-corrected chi connectivity index (χ3v) is 3.98. The first kappa shape index (κ1) is 12.8. The average molecular weight is 266 g/mol. The van der Waals surface area contributed by atoms with Crippen molar-refractivity contribution in [2.24, 2.45) is 5.73 Å². The van der Waals surface area contributed by atoms with E-state index in [1.807, 2.05) is 0 Å². The predicted molar refractivity (Wildman–Crippen MR) is 57.8 cm³/mol. The van der Waals surface area contributed by atoms with Crippen molar-refractivity contribution in [1.29, 1.82) is 0 Å². The van der Waals surface area contributed by atoms with Crippen molar-refractivity contribution < 1.29 is 17.9 Å². The van der Waals surface area contributed by atoms with E-state index in [0.717, 1.165) is 24.2 Å². The van der Waals surface area contributed by atoms with Crippen molar-refractivity contribution in [2.75, 3.05) is 13.2 Å². The molecule has 1 aromatic rings. The molecular weight excluding hydrogens is 253 g/mol. The molecule has 2 N–H and O–H groups in total. The number of thiazole rings is 1. The number of hydrogen-bond acceptors (Lipinski definition) is 4. The fraction of sp³-hybridized carbons (Fsp3) is 0.700. The van der Waals surface area contributed by atoms with Gasteiger partial charge in [-0.25, -0.2) is 4.98 Å². The van der Waals surface area contributed by atoms with Gasteiger partial charge in [-0.05, 0) is 12.8 Å². The van der Waals surface area contributed by atoms with Crippen LogP contribution < -0.4 is 5.73 Å². The third-order valence-electron chi connectivity index (χ3n) is 2.74. The Hall–Kier alpha value is -0.660. The minimum Gasteiger partial charge on any atom is -0.381 e. The van der Waals surface area contributed by atoms with Crippen molar-refractivity contribution >= 4 is 11.3 Å². The smallest absolute Gasteiger partial charge is 0.381 e. The van der Waals surface area contributed by atoms with Crippen LogP contribution in [-0.4, -0.2) is 18.2 Å². The lowest BCUT2D eigenvalue weighted by molar-refractivity contribution is -0.141. The second-order valence-corrected chi connectivity index (χ2v) is 5.03. The number of ether oxygens (including phenoxy) is 1. The summed E-state index contributed by atoms with van der Waals surface area (Å²) < 4.78 is 43.2. The van der Waals surface area contributed by atoms with Gasteiger partial charge >= 0.3 is 6.18 Å². The highest BCUT2D eigenvalue weighted by Crippen LogP contribution is 2.38. The highest BCUT2D eigenvalue weighted by atomic mass is 32.1. The summed E-state index contributed by atoms with van der Waals surface area (Å²) in [5.74, 6) is 0.0788. The second kappa shape index (κ2) is 4.91. The molecule has 2 heterocycles. The Kier molecular flexibility index (Phi) is 3.70. The molecule has 0 bridgehead atoms. The molecule has 0 radical (unpaired) electrons. The van der Waals surface area contributed by atoms with Gasteiger partial charge in [-0.15, -0.1) is 11.3 Å². The van der Waals surface area contributed by atoms with Crippen molar-refractivity contribution in [1.82, 2.24) is 4.98 Å². The zero-order valence-electron chi connectivity index (χ0n) is 9.09. The molecule has 7 heteroatoms. The summed E-state index contributed by atoms with van der Waals surface area (Å²) >= 11 is 1.08. The van der Waals surface area contributed by atoms with Crippen molar-refractivity contribution in [2.45, 2.75) is 31.5 Å². The van der Waals surface area contributed by atoms with E-state index in [-0.39, 0.29) is 17.3 Å². The molecule has 0 amide bonds. The SMILES string of the molecule is NCc1sc(C2CCOCC2)nc1C(F)(F)F. The number of nitrogens with zero attached hydrogens (tertiary/aromatic N) is 1. The maximum absolute atomic E-state index is 12.7. The monoisotopic (exact) mass is 266 g/mol. The van der Waals surface area contributed by atoms with Crippen molar-refractivity contribution in [3.63, 3.8) is 0 Å². The molecule has 0 spiro atoms. The van der Waals surface area contributed by atoms with Crippen LogP contribution >= 0.6 is 11.3 Å². The Morgan fingerprint density at radius 1 is 1.35 bits per heavy atom. The Morgan fingerprint density at radius 3 is 2.47 bits per heavy atom. The van der Waals surface area contributed by atoms with Gasteiger partial charge in [-0.1, -0.05) is 0 Å². The van der Waals surface area contributed by atoms with E-state index in [0.29, 0.717) is 18.2 Å². The van der Waals surface area contributed by atoms with E-state index in [1.165, 1.54) is 0 Å². The third kappa shape index (κ3) is 2.78. The summed E-state index contributed by atoms with van der Waals surface area (Å²) in [5, 5.41) is 0.543. The quantitative estimate of drug-likeness (QED) is 0.894. The molecule has 1 saturated heterocycles. The average Bonchev–Trinajstić information content (AvgIpc) is 2.74. The number of halogens is 3. The Bertz CT molecular complexity index is 385. The van der Waals surface area contributed by atoms with Gasteiger partial charge in [0.05, 0.1) is 9.88 Å². The molecule has 0 aliphatic carbocycles. The molecule has 0 saturated carbocycles. The summed E-state index contributed by atoms with van der Waals surface area (Å²) in [5.41, 5.74) is 4.52. The second-order valence-electron chi connectivity index (χ2n) is 3.91. The topological polar surface area (TPSA) is 48.1 Å². The Labute approximate surface area is 101 Å². The van der Waals surface area contributed by atoms with Crippen LogP contribution in [0.5, 0.6) is 0 Å². The summed E-state index contributed by atoms with van der Waals surface area (Å²) in [6.45, 7) is 1.06. The van der Waals surface area contributed by atoms with Crippen LogP contribution in [0.25, 0.3) is 0 Å². The van der Waals surface area contributed by atoms with E-state index in [9.17, 15) is 13.2 Å². The molecular formula is C10H13F3N2OS. The minimum absolute atomic E-state index is 0.0788. The summed E-state index contributed by atoms with van der Waals surface area (Å²) in [6, 6.07) is 0. The fourth-order valence-electron chi connectivity index (χ4n) is 1.85. The van der Waals surface area contributed by atoms with Crippen LogP contribution in [0, 0.1) is 0 Å². The molecule has 96 valence electrons. The zero-order valence-corrected chi connectivity index (χ0v) is 9.90. The molecule has 1 aliphatic heterocycles. The largest absolute Gasteiger partial charge is 0.434 e. The molecule has 0 unspecified atom stereocenters. The first-order valence-electron chi connectivity index (χ1n) is 5.37. The molecule has 2 rings (SSSR count). The first-order valence-corrected chi connectivity index (χ1v) is 6.18. The van der Waals surface area contributed by atoms with E-state index < -0.39 is 11.9 Å². The number of rotatable bonds is 2. The molecule has 3 nitrogen and oxygen atoms in total. The number of hydrogen-bond donors (Lipinski definition) is 1. The minimum atomic E-state index is -4.41. The van der Waals surface area contributed by atoms with Gasteiger partial charge in [0.2, 0.25) is 0 Å². The van der Waals surface area contributed by atoms with E-state index in [2.05, 4.69) is 4.98 Å². The van der Waals surface area contributed by atoms with Crippen LogP contribution in [0.1, 0.15) is 34.3 Å². The van der Waals surface area contributed by atoms with Gasteiger partial charge < -0.3 is 10.5 Å². The molecule has 0 aromatic carbocycles. The summed E-state index contributed by atoms with van der Waals surface area (Å²) in [4.78, 5) is 3.86. The van der Waals surface area contributed by atoms with Gasteiger partial charge in [0.15, 0.2) is 5.69 Å². The van der Waals surface area contributed by atoms with Crippen LogP contribution in [0.3, 0.4) is 0 Å². The van der Waals surface area contributed by atoms with Crippen molar-refractivity contribution in [3.05, 3.63) is 15.6 Å². The predicted octanol–water partition coefficient (Wildman–Crippen LogP) is 2.51. The summed E-state index contributed by atoms with van der Waals surface area (Å²) in [7, 11) is 0. The van der Waals surface area contributed by atoms with E-state index in [1.54, 1.807) is 0 Å². The highest BCUT2D eigenvalue weighted by molar-refractivity contribution is 7.11. The van der Waals surface area contributed by atoms with Gasteiger partial charge in [-0.3, -0.25) is 0 Å². The van der Waals surface area contributed by atoms with Gasteiger partial charge in [0.25, 0.3) is 0 Å². The van der Waals surface area contributed by atoms with Gasteiger partial charge in [0.1, 0.15) is 0 Å². The normalized spacial score (nSPS) is 18.6. The standard InChI is InChI=1S/C10H13F3N2OS/c11-10(12,13)8-7(5-14)17-9(15-8)6-1-3-16-4-2-6/h6H,1-5,14H2. The van der Waals surface area contributed by atoms with Gasteiger partial charge in [-0.2, -0.15) is 13.2 Å². The molecule has 17 heavy (non-hydrogen) atoms. The first-order chi connectivity index (χ1) is 8.02. The van der Waals surface area contributed by atoms with Crippen LogP contribution in [-0.2, 0) is 17.5 Å². The molecule has 1 fully saturated rings. The lowest BCUT2D eigenvalue weighted by Gasteiger charge is -2.19. The van der Waals surface area contributed by atoms with Crippen molar-refractivity contribution in [3.8, 4) is 0 Å². The molecule has 1 aliphatic rings. The maximum Gasteiger partial charge on any atom is 0.434 e. The van der Waals surface area contributed by atoms with Crippen LogP contribution in [0.2, 0.25) is 0 Å². The highest BCUT2D eigenvalue weighted by Gasteiger charge is 2.37. The summed E-state index contributed by atoms with van der Waals surface area (Å²) in [6.07, 6.45) is -2.95. The molecule has 0 atom stereocenters. The zero-order chi connectivity index (χ0) is 12.5. The number of aromatic nitrogens is 1. The number of alkyl halides is 3. The number of nitrogens with two attached hydrogens (primary N) is 1. The Morgan fingerprint density at radius 2 is 2.00 bits per heavy atom. The lowest BCUT2D eigenvalue weighted by Crippen LogP contribution is -2.14.